The number of hydrogen-bond donors (Lipinski definition) is 1. The molecular formula is C5H10O2P+. The third kappa shape index (κ3) is 5.80. The van der Waals surface area contributed by atoms with Gasteiger partial charge in [0, 0.05) is 0 Å². The van der Waals surface area contributed by atoms with Gasteiger partial charge < -0.3 is 0 Å². The molecule has 0 aliphatic rings. The van der Waals surface area contributed by atoms with Crippen LogP contribution in [0, 0.1) is 0 Å². The topological polar surface area (TPSA) is 37.3 Å². The van der Waals surface area contributed by atoms with Gasteiger partial charge in [0.1, 0.15) is 0 Å². The van der Waals surface area contributed by atoms with Crippen molar-refractivity contribution in [2.45, 2.75) is 13.3 Å². The van der Waals surface area contributed by atoms with Crippen LogP contribution < -0.4 is 0 Å². The molecular weight excluding hydrogens is 123 g/mol. The average molecular weight is 133 g/mol. The first kappa shape index (κ1) is 7.80. The standard InChI is InChI=1S/C5H9O2P/c1-2-3-4-5-8(6)7/h3-4H,2,5H2,1H3/p+1/b4-3+. The van der Waals surface area contributed by atoms with E-state index in [9.17, 15) is 4.57 Å². The van der Waals surface area contributed by atoms with Gasteiger partial charge in [-0.1, -0.05) is 13.0 Å². The van der Waals surface area contributed by atoms with Crippen molar-refractivity contribution in [3.8, 4) is 0 Å². The fourth-order valence-electron chi connectivity index (χ4n) is 0.331. The van der Waals surface area contributed by atoms with E-state index in [2.05, 4.69) is 0 Å². The Kier molecular flexibility index (Phi) is 4.82. The first-order chi connectivity index (χ1) is 3.77. The molecule has 0 radical (unpaired) electrons. The van der Waals surface area contributed by atoms with Gasteiger partial charge in [-0.25, -0.2) is 0 Å². The van der Waals surface area contributed by atoms with Crippen LogP contribution in [0.3, 0.4) is 0 Å². The Balaban J connectivity index is 3.16. The number of rotatable bonds is 3. The van der Waals surface area contributed by atoms with Crippen molar-refractivity contribution in [2.24, 2.45) is 0 Å². The Morgan fingerprint density at radius 3 is 2.62 bits per heavy atom. The second kappa shape index (κ2) is 4.95. The van der Waals surface area contributed by atoms with E-state index in [1.165, 1.54) is 0 Å². The van der Waals surface area contributed by atoms with Crippen LogP contribution in [0.2, 0.25) is 0 Å². The van der Waals surface area contributed by atoms with Crippen LogP contribution >= 0.6 is 8.03 Å². The van der Waals surface area contributed by atoms with Crippen LogP contribution in [-0.2, 0) is 4.57 Å². The van der Waals surface area contributed by atoms with Crippen molar-refractivity contribution in [3.05, 3.63) is 12.2 Å². The molecule has 0 amide bonds. The highest BCUT2D eigenvalue weighted by atomic mass is 31.1. The van der Waals surface area contributed by atoms with Gasteiger partial charge in [0.15, 0.2) is 6.16 Å². The minimum atomic E-state index is -1.95. The highest BCUT2D eigenvalue weighted by Crippen LogP contribution is 2.11. The van der Waals surface area contributed by atoms with Crippen LogP contribution in [0.4, 0.5) is 0 Å². The first-order valence-electron chi connectivity index (χ1n) is 2.56. The third-order valence-corrected chi connectivity index (χ3v) is 1.19. The van der Waals surface area contributed by atoms with Crippen molar-refractivity contribution in [1.29, 1.82) is 0 Å². The van der Waals surface area contributed by atoms with E-state index in [1.807, 2.05) is 13.0 Å². The lowest BCUT2D eigenvalue weighted by Crippen LogP contribution is -1.65. The predicted octanol–water partition coefficient (Wildman–Crippen LogP) is 1.69. The molecule has 0 rings (SSSR count). The quantitative estimate of drug-likeness (QED) is 0.469. The fraction of sp³-hybridized carbons (Fsp3) is 0.600. The van der Waals surface area contributed by atoms with E-state index in [-0.39, 0.29) is 0 Å². The van der Waals surface area contributed by atoms with Crippen molar-refractivity contribution >= 4 is 8.03 Å². The maximum atomic E-state index is 9.97. The van der Waals surface area contributed by atoms with Gasteiger partial charge in [0.2, 0.25) is 0 Å². The molecule has 0 bridgehead atoms. The summed E-state index contributed by atoms with van der Waals surface area (Å²) in [6.07, 6.45) is 4.83. The summed E-state index contributed by atoms with van der Waals surface area (Å²) < 4.78 is 9.97. The SMILES string of the molecule is CC/C=C/C[P+](=O)O. The molecule has 2 nitrogen and oxygen atoms in total. The summed E-state index contributed by atoms with van der Waals surface area (Å²) in [4.78, 5) is 8.24. The van der Waals surface area contributed by atoms with Crippen LogP contribution in [0.25, 0.3) is 0 Å². The molecule has 46 valence electrons. The molecule has 0 aromatic heterocycles. The molecule has 1 N–H and O–H groups in total. The predicted molar refractivity (Wildman–Crippen MR) is 34.1 cm³/mol. The molecule has 1 unspecified atom stereocenters. The lowest BCUT2D eigenvalue weighted by atomic mass is 10.4. The third-order valence-electron chi connectivity index (χ3n) is 0.664. The van der Waals surface area contributed by atoms with E-state index in [4.69, 9.17) is 4.89 Å². The minimum Gasteiger partial charge on any atom is -0.160 e. The Morgan fingerprint density at radius 2 is 2.25 bits per heavy atom. The lowest BCUT2D eigenvalue weighted by molar-refractivity contribution is 0.506. The molecule has 1 atom stereocenters. The van der Waals surface area contributed by atoms with Gasteiger partial charge in [-0.3, -0.25) is 0 Å². The number of hydrogen-bond acceptors (Lipinski definition) is 1. The van der Waals surface area contributed by atoms with Gasteiger partial charge in [0.25, 0.3) is 0 Å². The van der Waals surface area contributed by atoms with Crippen LogP contribution in [-0.4, -0.2) is 11.1 Å². The molecule has 8 heavy (non-hydrogen) atoms. The van der Waals surface area contributed by atoms with E-state index < -0.39 is 8.03 Å². The Labute approximate surface area is 50.1 Å². The number of allylic oxidation sites excluding steroid dienone is 2. The molecule has 0 heterocycles. The summed E-state index contributed by atoms with van der Waals surface area (Å²) in [6.45, 7) is 1.99. The van der Waals surface area contributed by atoms with Crippen LogP contribution in [0.1, 0.15) is 13.3 Å². The molecule has 0 aromatic rings. The summed E-state index contributed by atoms with van der Waals surface area (Å²) >= 11 is 0. The summed E-state index contributed by atoms with van der Waals surface area (Å²) in [6, 6.07) is 0. The summed E-state index contributed by atoms with van der Waals surface area (Å²) in [5.41, 5.74) is 0. The van der Waals surface area contributed by atoms with Crippen LogP contribution in [0.5, 0.6) is 0 Å². The van der Waals surface area contributed by atoms with Crippen molar-refractivity contribution in [1.82, 2.24) is 0 Å². The van der Waals surface area contributed by atoms with Gasteiger partial charge in [-0.2, -0.15) is 4.89 Å². The summed E-state index contributed by atoms with van der Waals surface area (Å²) in [5, 5.41) is 0. The van der Waals surface area contributed by atoms with Gasteiger partial charge in [0.05, 0.1) is 0 Å². The highest BCUT2D eigenvalue weighted by Gasteiger charge is 2.02. The van der Waals surface area contributed by atoms with E-state index in [0.717, 1.165) is 6.42 Å². The zero-order valence-electron chi connectivity index (χ0n) is 4.87. The van der Waals surface area contributed by atoms with Gasteiger partial charge >= 0.3 is 8.03 Å². The molecule has 0 aliphatic heterocycles. The van der Waals surface area contributed by atoms with Crippen molar-refractivity contribution in [3.63, 3.8) is 0 Å². The van der Waals surface area contributed by atoms with E-state index >= 15 is 0 Å². The largest absolute Gasteiger partial charge is 0.509 e. The Hall–Kier alpha value is -0.200. The summed E-state index contributed by atoms with van der Waals surface area (Å²) in [7, 11) is -1.95. The Morgan fingerprint density at radius 1 is 1.62 bits per heavy atom. The monoisotopic (exact) mass is 133 g/mol. The van der Waals surface area contributed by atoms with Crippen molar-refractivity contribution in [2.75, 3.05) is 6.16 Å². The highest BCUT2D eigenvalue weighted by molar-refractivity contribution is 7.38. The van der Waals surface area contributed by atoms with Crippen LogP contribution in [0.15, 0.2) is 12.2 Å². The maximum Gasteiger partial charge on any atom is 0.509 e. The smallest absolute Gasteiger partial charge is 0.160 e. The van der Waals surface area contributed by atoms with Crippen molar-refractivity contribution < 1.29 is 9.46 Å². The average Bonchev–Trinajstić information content (AvgIpc) is 1.66. The fourth-order valence-corrected chi connectivity index (χ4v) is 0.661. The summed E-state index contributed by atoms with van der Waals surface area (Å²) in [5.74, 6) is 0. The molecule has 0 aromatic carbocycles. The zero-order valence-corrected chi connectivity index (χ0v) is 5.77. The van der Waals surface area contributed by atoms with E-state index in [0.29, 0.717) is 6.16 Å². The maximum absolute atomic E-state index is 9.97. The molecule has 3 heteroatoms. The van der Waals surface area contributed by atoms with Gasteiger partial charge in [-0.05, 0) is 17.1 Å². The molecule has 0 aliphatic carbocycles. The molecule has 0 fully saturated rings. The molecule has 0 spiro atoms. The van der Waals surface area contributed by atoms with E-state index in [1.54, 1.807) is 6.08 Å². The van der Waals surface area contributed by atoms with Gasteiger partial charge in [-0.15, -0.1) is 0 Å². The second-order valence-electron chi connectivity index (χ2n) is 1.41. The lowest BCUT2D eigenvalue weighted by Gasteiger charge is -1.70. The normalized spacial score (nSPS) is 12.5. The second-order valence-corrected chi connectivity index (χ2v) is 2.48. The molecule has 0 saturated heterocycles. The first-order valence-corrected chi connectivity index (χ1v) is 3.95. The minimum absolute atomic E-state index is 0.295. The zero-order chi connectivity index (χ0) is 6.41. The Bertz CT molecular complexity index is 98.6. The molecule has 0 saturated carbocycles.